The predicted octanol–water partition coefficient (Wildman–Crippen LogP) is 3.51. The zero-order chi connectivity index (χ0) is 25.5. The lowest BCUT2D eigenvalue weighted by Crippen LogP contribution is -2.47. The normalized spacial score (nSPS) is 19.5. The van der Waals surface area contributed by atoms with Crippen molar-refractivity contribution < 1.29 is 9.59 Å². The zero-order valence-corrected chi connectivity index (χ0v) is 21.8. The van der Waals surface area contributed by atoms with Gasteiger partial charge in [-0.3, -0.25) is 9.69 Å². The summed E-state index contributed by atoms with van der Waals surface area (Å²) < 4.78 is 0. The standard InChI is InChI=1S/C29H40N6O2/c36-28(35-15-13-30-14-16-35)24-11-12-27(26(21-24)32-29(37)31-25-9-5-2-6-10-25)34-19-17-33(18-20-34)22-23-7-3-1-4-8-23/h1,3-4,7-8,11-12,21,25,30H,2,5-6,9-10,13-20,22H2,(H2,31,32,37). The van der Waals surface area contributed by atoms with E-state index in [-0.39, 0.29) is 18.0 Å². The number of carbonyl (C=O) groups excluding carboxylic acids is 2. The third-order valence-electron chi connectivity index (χ3n) is 7.80. The molecule has 3 fully saturated rings. The first-order chi connectivity index (χ1) is 18.2. The Kier molecular flexibility index (Phi) is 8.58. The summed E-state index contributed by atoms with van der Waals surface area (Å²) in [7, 11) is 0. The minimum absolute atomic E-state index is 0.0245. The molecule has 2 heterocycles. The molecule has 3 aliphatic rings. The molecule has 2 aromatic carbocycles. The molecular weight excluding hydrogens is 464 g/mol. The molecular formula is C29H40N6O2. The molecule has 198 valence electrons. The smallest absolute Gasteiger partial charge is 0.319 e. The van der Waals surface area contributed by atoms with Gasteiger partial charge in [-0.05, 0) is 36.6 Å². The van der Waals surface area contributed by atoms with Crippen LogP contribution in [0, 0.1) is 0 Å². The number of amides is 3. The Labute approximate surface area is 220 Å². The van der Waals surface area contributed by atoms with Crippen LogP contribution < -0.4 is 20.9 Å². The van der Waals surface area contributed by atoms with Crippen molar-refractivity contribution in [3.63, 3.8) is 0 Å². The zero-order valence-electron chi connectivity index (χ0n) is 21.8. The van der Waals surface area contributed by atoms with Crippen LogP contribution in [0.15, 0.2) is 48.5 Å². The molecule has 2 aliphatic heterocycles. The molecule has 8 heteroatoms. The van der Waals surface area contributed by atoms with Gasteiger partial charge < -0.3 is 25.8 Å². The van der Waals surface area contributed by atoms with Gasteiger partial charge in [0, 0.05) is 70.5 Å². The van der Waals surface area contributed by atoms with Gasteiger partial charge in [-0.15, -0.1) is 0 Å². The third-order valence-corrected chi connectivity index (χ3v) is 7.80. The predicted molar refractivity (Wildman–Crippen MR) is 148 cm³/mol. The molecule has 0 radical (unpaired) electrons. The van der Waals surface area contributed by atoms with Crippen molar-refractivity contribution in [1.29, 1.82) is 0 Å². The van der Waals surface area contributed by atoms with E-state index in [2.05, 4.69) is 56.1 Å². The lowest BCUT2D eigenvalue weighted by atomic mass is 9.96. The number of nitrogens with one attached hydrogen (secondary N) is 3. The summed E-state index contributed by atoms with van der Waals surface area (Å²) in [5, 5.41) is 9.58. The number of benzene rings is 2. The summed E-state index contributed by atoms with van der Waals surface area (Å²) in [4.78, 5) is 32.9. The molecule has 1 aliphatic carbocycles. The molecule has 2 aromatic rings. The average molecular weight is 505 g/mol. The Bertz CT molecular complexity index is 1040. The highest BCUT2D eigenvalue weighted by atomic mass is 16.2. The molecule has 8 nitrogen and oxygen atoms in total. The Hall–Kier alpha value is -3.10. The SMILES string of the molecule is O=C(Nc1cc(C(=O)N2CCNCC2)ccc1N1CCN(Cc2ccccc2)CC1)NC1CCCCC1. The summed E-state index contributed by atoms with van der Waals surface area (Å²) in [5.74, 6) is 0.0245. The van der Waals surface area contributed by atoms with E-state index >= 15 is 0 Å². The highest BCUT2D eigenvalue weighted by Gasteiger charge is 2.24. The molecule has 3 amide bonds. The fourth-order valence-electron chi connectivity index (χ4n) is 5.67. The van der Waals surface area contributed by atoms with Crippen LogP contribution in [0.5, 0.6) is 0 Å². The molecule has 1 saturated carbocycles. The number of rotatable bonds is 6. The number of hydrogen-bond donors (Lipinski definition) is 3. The van der Waals surface area contributed by atoms with Crippen LogP contribution in [0.4, 0.5) is 16.2 Å². The van der Waals surface area contributed by atoms with Crippen LogP contribution >= 0.6 is 0 Å². The van der Waals surface area contributed by atoms with Crippen molar-refractivity contribution in [2.75, 3.05) is 62.6 Å². The maximum atomic E-state index is 13.2. The van der Waals surface area contributed by atoms with Crippen LogP contribution in [-0.2, 0) is 6.54 Å². The van der Waals surface area contributed by atoms with E-state index in [0.29, 0.717) is 24.3 Å². The highest BCUT2D eigenvalue weighted by Crippen LogP contribution is 2.29. The van der Waals surface area contributed by atoms with E-state index in [9.17, 15) is 9.59 Å². The Morgan fingerprint density at radius 3 is 2.32 bits per heavy atom. The van der Waals surface area contributed by atoms with Crippen molar-refractivity contribution in [3.8, 4) is 0 Å². The van der Waals surface area contributed by atoms with Gasteiger partial charge in [-0.2, -0.15) is 0 Å². The number of hydrogen-bond acceptors (Lipinski definition) is 5. The Morgan fingerprint density at radius 2 is 1.59 bits per heavy atom. The summed E-state index contributed by atoms with van der Waals surface area (Å²) in [6, 6.07) is 16.4. The van der Waals surface area contributed by atoms with Gasteiger partial charge in [0.05, 0.1) is 11.4 Å². The van der Waals surface area contributed by atoms with Crippen LogP contribution in [0.2, 0.25) is 0 Å². The number of anilines is 2. The number of carbonyl (C=O) groups is 2. The summed E-state index contributed by atoms with van der Waals surface area (Å²) in [6.07, 6.45) is 5.64. The van der Waals surface area contributed by atoms with Crippen molar-refractivity contribution >= 4 is 23.3 Å². The minimum atomic E-state index is -0.178. The maximum absolute atomic E-state index is 13.2. The quantitative estimate of drug-likeness (QED) is 0.561. The second-order valence-electron chi connectivity index (χ2n) is 10.5. The number of piperazine rings is 2. The van der Waals surface area contributed by atoms with Gasteiger partial charge in [0.25, 0.3) is 5.91 Å². The second-order valence-corrected chi connectivity index (χ2v) is 10.5. The fraction of sp³-hybridized carbons (Fsp3) is 0.517. The monoisotopic (exact) mass is 504 g/mol. The summed E-state index contributed by atoms with van der Waals surface area (Å²) in [6.45, 7) is 7.62. The highest BCUT2D eigenvalue weighted by molar-refractivity contribution is 5.99. The number of nitrogens with zero attached hydrogens (tertiary/aromatic N) is 3. The fourth-order valence-corrected chi connectivity index (χ4v) is 5.67. The number of urea groups is 1. The molecule has 5 rings (SSSR count). The second kappa shape index (κ2) is 12.4. The first kappa shape index (κ1) is 25.5. The lowest BCUT2D eigenvalue weighted by Gasteiger charge is -2.37. The molecule has 0 spiro atoms. The Morgan fingerprint density at radius 1 is 0.865 bits per heavy atom. The van der Waals surface area contributed by atoms with E-state index < -0.39 is 0 Å². The molecule has 0 aromatic heterocycles. The van der Waals surface area contributed by atoms with Gasteiger partial charge in [0.2, 0.25) is 0 Å². The molecule has 0 unspecified atom stereocenters. The van der Waals surface area contributed by atoms with Gasteiger partial charge in [0.15, 0.2) is 0 Å². The molecule has 3 N–H and O–H groups in total. The average Bonchev–Trinajstić information content (AvgIpc) is 2.95. The molecule has 2 saturated heterocycles. The van der Waals surface area contributed by atoms with Crippen molar-refractivity contribution in [2.24, 2.45) is 0 Å². The summed E-state index contributed by atoms with van der Waals surface area (Å²) >= 11 is 0. The van der Waals surface area contributed by atoms with Crippen LogP contribution in [-0.4, -0.2) is 80.1 Å². The van der Waals surface area contributed by atoms with Gasteiger partial charge in [-0.1, -0.05) is 49.6 Å². The topological polar surface area (TPSA) is 80.0 Å². The third kappa shape index (κ3) is 6.81. The van der Waals surface area contributed by atoms with E-state index in [4.69, 9.17) is 0 Å². The molecule has 0 atom stereocenters. The first-order valence-electron chi connectivity index (χ1n) is 13.9. The first-order valence-corrected chi connectivity index (χ1v) is 13.9. The van der Waals surface area contributed by atoms with E-state index in [0.717, 1.165) is 77.2 Å². The largest absolute Gasteiger partial charge is 0.367 e. The van der Waals surface area contributed by atoms with E-state index in [1.165, 1.54) is 12.0 Å². The maximum Gasteiger partial charge on any atom is 0.319 e. The van der Waals surface area contributed by atoms with Crippen LogP contribution in [0.3, 0.4) is 0 Å². The van der Waals surface area contributed by atoms with Crippen molar-refractivity contribution in [1.82, 2.24) is 20.4 Å². The Balaban J connectivity index is 1.29. The van der Waals surface area contributed by atoms with Crippen molar-refractivity contribution in [3.05, 3.63) is 59.7 Å². The minimum Gasteiger partial charge on any atom is -0.367 e. The molecule has 0 bridgehead atoms. The van der Waals surface area contributed by atoms with Crippen LogP contribution in [0.1, 0.15) is 48.0 Å². The summed E-state index contributed by atoms with van der Waals surface area (Å²) in [5.41, 5.74) is 3.65. The lowest BCUT2D eigenvalue weighted by molar-refractivity contribution is 0.0736. The van der Waals surface area contributed by atoms with Crippen molar-refractivity contribution in [2.45, 2.75) is 44.7 Å². The molecule has 37 heavy (non-hydrogen) atoms. The van der Waals surface area contributed by atoms with E-state index in [1.807, 2.05) is 23.1 Å². The van der Waals surface area contributed by atoms with Crippen LogP contribution in [0.25, 0.3) is 0 Å². The van der Waals surface area contributed by atoms with Gasteiger partial charge in [-0.25, -0.2) is 4.79 Å². The van der Waals surface area contributed by atoms with Gasteiger partial charge in [0.1, 0.15) is 0 Å². The van der Waals surface area contributed by atoms with Gasteiger partial charge >= 0.3 is 6.03 Å². The van der Waals surface area contributed by atoms with E-state index in [1.54, 1.807) is 0 Å².